The summed E-state index contributed by atoms with van der Waals surface area (Å²) in [5, 5.41) is 7.58. The highest BCUT2D eigenvalue weighted by Crippen LogP contribution is 2.17. The molecule has 0 amide bonds. The van der Waals surface area contributed by atoms with Crippen molar-refractivity contribution in [1.82, 2.24) is 15.6 Å². The zero-order chi connectivity index (χ0) is 19.1. The molecule has 3 aromatic rings. The molecule has 0 aliphatic heterocycles. The molecule has 0 bridgehead atoms. The number of nitrogens with zero attached hydrogens (tertiary/aromatic N) is 2. The Balaban J connectivity index is 1.54. The van der Waals surface area contributed by atoms with Crippen molar-refractivity contribution < 1.29 is 9.13 Å². The molecule has 140 valence electrons. The first-order valence-electron chi connectivity index (χ1n) is 8.85. The quantitative estimate of drug-likeness (QED) is 0.518. The number of nitrogens with one attached hydrogen (secondary N) is 2. The van der Waals surface area contributed by atoms with Gasteiger partial charge in [-0.2, -0.15) is 0 Å². The number of para-hydroxylation sites is 2. The monoisotopic (exact) mass is 366 g/mol. The number of halogens is 1. The van der Waals surface area contributed by atoms with Crippen molar-refractivity contribution in [2.24, 2.45) is 4.99 Å². The Hall–Kier alpha value is -3.15. The second kappa shape index (κ2) is 8.98. The van der Waals surface area contributed by atoms with Crippen LogP contribution in [-0.4, -0.2) is 30.6 Å². The summed E-state index contributed by atoms with van der Waals surface area (Å²) in [5.74, 6) is 0.527. The number of benzene rings is 2. The lowest BCUT2D eigenvalue weighted by Gasteiger charge is -2.18. The number of fused-ring (bicyclic) bond motifs is 1. The largest absolute Gasteiger partial charge is 0.486 e. The molecule has 1 atom stereocenters. The van der Waals surface area contributed by atoms with Gasteiger partial charge in [0.05, 0.1) is 12.1 Å². The molecule has 5 nitrogen and oxygen atoms in total. The predicted molar refractivity (Wildman–Crippen MR) is 106 cm³/mol. The standard InChI is InChI=1S/C21H23FN4O/c1-15(27-19-11-4-3-10-18(19)22)13-25-21(23-2)26-14-17-8-5-7-16-9-6-12-24-20(16)17/h3-12,15H,13-14H2,1-2H3,(H2,23,25,26). The van der Waals surface area contributed by atoms with Crippen LogP contribution in [0.2, 0.25) is 0 Å². The lowest BCUT2D eigenvalue weighted by Crippen LogP contribution is -2.41. The van der Waals surface area contributed by atoms with Crippen LogP contribution < -0.4 is 15.4 Å². The molecule has 0 saturated heterocycles. The molecule has 0 spiro atoms. The molecule has 0 radical (unpaired) electrons. The summed E-state index contributed by atoms with van der Waals surface area (Å²) < 4.78 is 19.3. The third-order valence-corrected chi connectivity index (χ3v) is 4.11. The summed E-state index contributed by atoms with van der Waals surface area (Å²) >= 11 is 0. The van der Waals surface area contributed by atoms with Crippen LogP contribution in [0.1, 0.15) is 12.5 Å². The fourth-order valence-corrected chi connectivity index (χ4v) is 2.75. The highest BCUT2D eigenvalue weighted by atomic mass is 19.1. The number of pyridine rings is 1. The van der Waals surface area contributed by atoms with Gasteiger partial charge in [0.1, 0.15) is 6.10 Å². The maximum absolute atomic E-state index is 13.7. The predicted octanol–water partition coefficient (Wildman–Crippen LogP) is 3.51. The van der Waals surface area contributed by atoms with Crippen molar-refractivity contribution in [2.45, 2.75) is 19.6 Å². The highest BCUT2D eigenvalue weighted by Gasteiger charge is 2.09. The molecule has 1 unspecified atom stereocenters. The first-order chi connectivity index (χ1) is 13.2. The fourth-order valence-electron chi connectivity index (χ4n) is 2.75. The van der Waals surface area contributed by atoms with Crippen LogP contribution in [0.15, 0.2) is 65.8 Å². The number of rotatable bonds is 6. The summed E-state index contributed by atoms with van der Waals surface area (Å²) in [6.07, 6.45) is 1.57. The van der Waals surface area contributed by atoms with Crippen LogP contribution in [-0.2, 0) is 6.54 Å². The van der Waals surface area contributed by atoms with E-state index in [0.29, 0.717) is 19.0 Å². The van der Waals surface area contributed by atoms with Gasteiger partial charge < -0.3 is 15.4 Å². The van der Waals surface area contributed by atoms with E-state index in [1.807, 2.05) is 37.3 Å². The number of aromatic nitrogens is 1. The van der Waals surface area contributed by atoms with E-state index in [1.165, 1.54) is 6.07 Å². The molecule has 0 fully saturated rings. The first kappa shape index (κ1) is 18.6. The van der Waals surface area contributed by atoms with E-state index in [1.54, 1.807) is 31.4 Å². The third-order valence-electron chi connectivity index (χ3n) is 4.11. The van der Waals surface area contributed by atoms with E-state index < -0.39 is 0 Å². The summed E-state index contributed by atoms with van der Waals surface area (Å²) in [6, 6.07) is 16.5. The van der Waals surface area contributed by atoms with Crippen molar-refractivity contribution in [3.8, 4) is 5.75 Å². The average Bonchev–Trinajstić information content (AvgIpc) is 2.70. The zero-order valence-corrected chi connectivity index (χ0v) is 15.4. The summed E-state index contributed by atoms with van der Waals surface area (Å²) in [6.45, 7) is 2.96. The minimum Gasteiger partial charge on any atom is -0.486 e. The highest BCUT2D eigenvalue weighted by molar-refractivity contribution is 5.83. The van der Waals surface area contributed by atoms with Crippen molar-refractivity contribution in [1.29, 1.82) is 0 Å². The lowest BCUT2D eigenvalue weighted by atomic mass is 10.1. The molecular weight excluding hydrogens is 343 g/mol. The van der Waals surface area contributed by atoms with Crippen molar-refractivity contribution >= 4 is 16.9 Å². The van der Waals surface area contributed by atoms with E-state index in [9.17, 15) is 4.39 Å². The Labute approximate surface area is 158 Å². The van der Waals surface area contributed by atoms with Gasteiger partial charge in [0.2, 0.25) is 0 Å². The van der Waals surface area contributed by atoms with Gasteiger partial charge in [-0.05, 0) is 30.7 Å². The van der Waals surface area contributed by atoms with Crippen LogP contribution in [0, 0.1) is 5.82 Å². The summed E-state index contributed by atoms with van der Waals surface area (Å²) in [4.78, 5) is 8.68. The molecule has 0 saturated carbocycles. The van der Waals surface area contributed by atoms with Crippen LogP contribution in [0.3, 0.4) is 0 Å². The van der Waals surface area contributed by atoms with E-state index in [0.717, 1.165) is 16.5 Å². The first-order valence-corrected chi connectivity index (χ1v) is 8.85. The average molecular weight is 366 g/mol. The maximum atomic E-state index is 13.7. The van der Waals surface area contributed by atoms with Crippen molar-refractivity contribution in [3.05, 3.63) is 72.2 Å². The number of ether oxygens (including phenoxy) is 1. The molecule has 27 heavy (non-hydrogen) atoms. The van der Waals surface area contributed by atoms with E-state index in [2.05, 4.69) is 20.6 Å². The molecule has 2 aromatic carbocycles. The topological polar surface area (TPSA) is 58.5 Å². The van der Waals surface area contributed by atoms with Gasteiger partial charge >= 0.3 is 0 Å². The van der Waals surface area contributed by atoms with E-state index in [-0.39, 0.29) is 17.7 Å². The number of hydrogen-bond donors (Lipinski definition) is 2. The second-order valence-electron chi connectivity index (χ2n) is 6.16. The molecule has 3 rings (SSSR count). The van der Waals surface area contributed by atoms with Gasteiger partial charge in [-0.15, -0.1) is 0 Å². The summed E-state index contributed by atoms with van der Waals surface area (Å²) in [7, 11) is 1.71. The molecule has 0 aliphatic carbocycles. The van der Waals surface area contributed by atoms with E-state index >= 15 is 0 Å². The molecule has 2 N–H and O–H groups in total. The summed E-state index contributed by atoms with van der Waals surface area (Å²) in [5.41, 5.74) is 2.06. The minimum absolute atomic E-state index is 0.223. The normalized spacial score (nSPS) is 12.6. The zero-order valence-electron chi connectivity index (χ0n) is 15.4. The fraction of sp³-hybridized carbons (Fsp3) is 0.238. The molecule has 1 aromatic heterocycles. The van der Waals surface area contributed by atoms with Crippen molar-refractivity contribution in [3.63, 3.8) is 0 Å². The van der Waals surface area contributed by atoms with E-state index in [4.69, 9.17) is 4.74 Å². The van der Waals surface area contributed by atoms with Gasteiger partial charge in [-0.25, -0.2) is 4.39 Å². The molecular formula is C21H23FN4O. The molecule has 0 aliphatic rings. The van der Waals surface area contributed by atoms with Gasteiger partial charge in [0.25, 0.3) is 0 Å². The lowest BCUT2D eigenvalue weighted by molar-refractivity contribution is 0.214. The SMILES string of the molecule is CN=C(NCc1cccc2cccnc12)NCC(C)Oc1ccccc1F. The smallest absolute Gasteiger partial charge is 0.191 e. The van der Waals surface area contributed by atoms with Gasteiger partial charge in [0.15, 0.2) is 17.5 Å². The Morgan fingerprint density at radius 1 is 1.11 bits per heavy atom. The van der Waals surface area contributed by atoms with Crippen LogP contribution in [0.4, 0.5) is 4.39 Å². The van der Waals surface area contributed by atoms with Crippen LogP contribution in [0.25, 0.3) is 10.9 Å². The van der Waals surface area contributed by atoms with Crippen LogP contribution >= 0.6 is 0 Å². The Bertz CT molecular complexity index is 923. The Morgan fingerprint density at radius 3 is 2.74 bits per heavy atom. The number of aliphatic imine (C=N–C) groups is 1. The number of guanidine groups is 1. The molecule has 6 heteroatoms. The van der Waals surface area contributed by atoms with Gasteiger partial charge in [-0.3, -0.25) is 9.98 Å². The number of hydrogen-bond acceptors (Lipinski definition) is 3. The Morgan fingerprint density at radius 2 is 1.93 bits per heavy atom. The maximum Gasteiger partial charge on any atom is 0.191 e. The van der Waals surface area contributed by atoms with Gasteiger partial charge in [0, 0.05) is 25.2 Å². The van der Waals surface area contributed by atoms with Crippen LogP contribution in [0.5, 0.6) is 5.75 Å². The molecule has 1 heterocycles. The second-order valence-corrected chi connectivity index (χ2v) is 6.16. The van der Waals surface area contributed by atoms with Gasteiger partial charge in [-0.1, -0.05) is 36.4 Å². The van der Waals surface area contributed by atoms with Crippen molar-refractivity contribution in [2.75, 3.05) is 13.6 Å². The Kier molecular flexibility index (Phi) is 6.20. The third kappa shape index (κ3) is 4.94. The minimum atomic E-state index is -0.365.